The highest BCUT2D eigenvalue weighted by atomic mass is 35.5. The molecule has 0 N–H and O–H groups in total. The first-order chi connectivity index (χ1) is 16.6. The van der Waals surface area contributed by atoms with Gasteiger partial charge in [-0.25, -0.2) is 9.79 Å². The van der Waals surface area contributed by atoms with Gasteiger partial charge in [0.1, 0.15) is 19.0 Å². The molecular formula is C26H22ClNO6. The molecule has 1 aliphatic rings. The van der Waals surface area contributed by atoms with Crippen LogP contribution in [0.5, 0.6) is 23.0 Å². The molecule has 7 nitrogen and oxygen atoms in total. The minimum absolute atomic E-state index is 0.171. The molecule has 0 aromatic heterocycles. The van der Waals surface area contributed by atoms with Crippen LogP contribution in [0.25, 0.3) is 6.08 Å². The summed E-state index contributed by atoms with van der Waals surface area (Å²) < 4.78 is 27.8. The largest absolute Gasteiger partial charge is 0.493 e. The number of carbonyl (C=O) groups is 1. The van der Waals surface area contributed by atoms with Gasteiger partial charge in [-0.2, -0.15) is 0 Å². The van der Waals surface area contributed by atoms with Crippen LogP contribution in [0.2, 0.25) is 5.02 Å². The van der Waals surface area contributed by atoms with Gasteiger partial charge >= 0.3 is 5.97 Å². The molecule has 174 valence electrons. The Kier molecular flexibility index (Phi) is 7.34. The van der Waals surface area contributed by atoms with Gasteiger partial charge in [0.2, 0.25) is 11.6 Å². The smallest absolute Gasteiger partial charge is 0.363 e. The molecule has 4 rings (SSSR count). The lowest BCUT2D eigenvalue weighted by molar-refractivity contribution is -0.129. The van der Waals surface area contributed by atoms with Crippen molar-refractivity contribution in [3.8, 4) is 23.0 Å². The van der Waals surface area contributed by atoms with Crippen molar-refractivity contribution in [2.24, 2.45) is 4.99 Å². The fourth-order valence-electron chi connectivity index (χ4n) is 3.25. The van der Waals surface area contributed by atoms with Gasteiger partial charge in [-0.1, -0.05) is 41.9 Å². The predicted octanol–water partition coefficient (Wildman–Crippen LogP) is 5.16. The van der Waals surface area contributed by atoms with Gasteiger partial charge in [-0.3, -0.25) is 0 Å². The maximum Gasteiger partial charge on any atom is 0.363 e. The highest BCUT2D eigenvalue weighted by Crippen LogP contribution is 2.39. The second kappa shape index (κ2) is 10.8. The maximum atomic E-state index is 12.3. The predicted molar refractivity (Wildman–Crippen MR) is 129 cm³/mol. The first kappa shape index (κ1) is 23.2. The molecule has 0 bridgehead atoms. The summed E-state index contributed by atoms with van der Waals surface area (Å²) in [6, 6.07) is 19.9. The monoisotopic (exact) mass is 479 g/mol. The Morgan fingerprint density at radius 3 is 2.21 bits per heavy atom. The number of methoxy groups -OCH3 is 2. The SMILES string of the molecule is COc1cc(/C=C2/N=C(c3ccccc3)OC2=O)cc(OC)c1OCCOc1ccccc1Cl. The quantitative estimate of drug-likeness (QED) is 0.240. The van der Waals surface area contributed by atoms with Gasteiger partial charge in [0.05, 0.1) is 19.2 Å². The number of benzene rings is 3. The van der Waals surface area contributed by atoms with Gasteiger partial charge in [0.25, 0.3) is 0 Å². The van der Waals surface area contributed by atoms with Crippen LogP contribution < -0.4 is 18.9 Å². The van der Waals surface area contributed by atoms with Crippen LogP contribution in [0, 0.1) is 0 Å². The third-order valence-electron chi connectivity index (χ3n) is 4.85. The van der Waals surface area contributed by atoms with Crippen molar-refractivity contribution in [2.45, 2.75) is 0 Å². The van der Waals surface area contributed by atoms with E-state index < -0.39 is 5.97 Å². The summed E-state index contributed by atoms with van der Waals surface area (Å²) in [5.74, 6) is 1.58. The number of rotatable bonds is 9. The Hall–Kier alpha value is -3.97. The minimum Gasteiger partial charge on any atom is -0.493 e. The summed E-state index contributed by atoms with van der Waals surface area (Å²) in [7, 11) is 3.04. The van der Waals surface area contributed by atoms with Crippen LogP contribution >= 0.6 is 11.6 Å². The highest BCUT2D eigenvalue weighted by Gasteiger charge is 2.24. The van der Waals surface area contributed by atoms with Crippen LogP contribution in [0.15, 0.2) is 77.4 Å². The molecule has 0 aliphatic carbocycles. The van der Waals surface area contributed by atoms with Gasteiger partial charge in [-0.05, 0) is 48.0 Å². The van der Waals surface area contributed by atoms with Crippen LogP contribution in [-0.2, 0) is 9.53 Å². The van der Waals surface area contributed by atoms with E-state index in [4.69, 9.17) is 35.3 Å². The molecule has 0 atom stereocenters. The molecule has 1 heterocycles. The van der Waals surface area contributed by atoms with Gasteiger partial charge in [0, 0.05) is 5.56 Å². The van der Waals surface area contributed by atoms with Crippen LogP contribution in [0.3, 0.4) is 0 Å². The zero-order valence-electron chi connectivity index (χ0n) is 18.6. The molecule has 0 amide bonds. The Balaban J connectivity index is 1.51. The van der Waals surface area contributed by atoms with E-state index in [0.717, 1.165) is 5.56 Å². The van der Waals surface area contributed by atoms with Crippen LogP contribution in [0.4, 0.5) is 0 Å². The first-order valence-electron chi connectivity index (χ1n) is 10.4. The van der Waals surface area contributed by atoms with Gasteiger partial charge < -0.3 is 23.7 Å². The van der Waals surface area contributed by atoms with Gasteiger partial charge in [0.15, 0.2) is 17.2 Å². The Morgan fingerprint density at radius 2 is 1.53 bits per heavy atom. The number of nitrogens with zero attached hydrogens (tertiary/aromatic N) is 1. The van der Waals surface area contributed by atoms with Crippen LogP contribution in [-0.4, -0.2) is 39.3 Å². The second-order valence-corrected chi connectivity index (χ2v) is 7.49. The third-order valence-corrected chi connectivity index (χ3v) is 5.16. The second-order valence-electron chi connectivity index (χ2n) is 7.08. The Morgan fingerprint density at radius 1 is 0.882 bits per heavy atom. The number of cyclic esters (lactones) is 1. The van der Waals surface area contributed by atoms with E-state index in [1.807, 2.05) is 42.5 Å². The van der Waals surface area contributed by atoms with Crippen molar-refractivity contribution in [1.82, 2.24) is 0 Å². The molecule has 3 aromatic carbocycles. The average molecular weight is 480 g/mol. The summed E-state index contributed by atoms with van der Waals surface area (Å²) in [4.78, 5) is 16.7. The van der Waals surface area contributed by atoms with Crippen molar-refractivity contribution >= 4 is 29.5 Å². The molecule has 0 saturated heterocycles. The molecular weight excluding hydrogens is 458 g/mol. The Labute approximate surface area is 202 Å². The van der Waals surface area contributed by atoms with E-state index in [-0.39, 0.29) is 24.8 Å². The lowest BCUT2D eigenvalue weighted by Crippen LogP contribution is -2.10. The number of hydrogen-bond donors (Lipinski definition) is 0. The number of ether oxygens (including phenoxy) is 5. The molecule has 0 saturated carbocycles. The maximum absolute atomic E-state index is 12.3. The zero-order valence-corrected chi connectivity index (χ0v) is 19.4. The van der Waals surface area contributed by atoms with E-state index >= 15 is 0 Å². The standard InChI is InChI=1S/C26H22ClNO6/c1-30-22-15-17(14-20-26(29)34-25(28-20)18-8-4-3-5-9-18)16-23(31-2)24(22)33-13-12-32-21-11-7-6-10-19(21)27/h3-11,14-16H,12-13H2,1-2H3/b20-14+. The van der Waals surface area contributed by atoms with Gasteiger partial charge in [-0.15, -0.1) is 0 Å². The molecule has 0 unspecified atom stereocenters. The number of hydrogen-bond acceptors (Lipinski definition) is 7. The van der Waals surface area contributed by atoms with Crippen molar-refractivity contribution in [1.29, 1.82) is 0 Å². The molecule has 34 heavy (non-hydrogen) atoms. The van der Waals surface area contributed by atoms with E-state index in [0.29, 0.717) is 33.6 Å². The van der Waals surface area contributed by atoms with Crippen molar-refractivity contribution in [3.63, 3.8) is 0 Å². The topological polar surface area (TPSA) is 75.6 Å². The first-order valence-corrected chi connectivity index (χ1v) is 10.8. The number of halogens is 1. The number of carbonyl (C=O) groups excluding carboxylic acids is 1. The molecule has 0 spiro atoms. The normalized spacial score (nSPS) is 13.9. The molecule has 0 fully saturated rings. The highest BCUT2D eigenvalue weighted by molar-refractivity contribution is 6.32. The lowest BCUT2D eigenvalue weighted by atomic mass is 10.1. The average Bonchev–Trinajstić information content (AvgIpc) is 3.23. The third kappa shape index (κ3) is 5.32. The molecule has 1 aliphatic heterocycles. The van der Waals surface area contributed by atoms with E-state index in [1.54, 1.807) is 30.3 Å². The number of aliphatic imine (C=N–C) groups is 1. The Bertz CT molecular complexity index is 1210. The molecule has 0 radical (unpaired) electrons. The summed E-state index contributed by atoms with van der Waals surface area (Å²) in [5, 5.41) is 0.526. The molecule has 3 aromatic rings. The summed E-state index contributed by atoms with van der Waals surface area (Å²) in [6.45, 7) is 0.500. The fraction of sp³-hybridized carbons (Fsp3) is 0.154. The van der Waals surface area contributed by atoms with Crippen LogP contribution in [0.1, 0.15) is 11.1 Å². The van der Waals surface area contributed by atoms with E-state index in [9.17, 15) is 4.79 Å². The lowest BCUT2D eigenvalue weighted by Gasteiger charge is -2.16. The zero-order chi connectivity index (χ0) is 23.9. The number of para-hydroxylation sites is 1. The van der Waals surface area contributed by atoms with E-state index in [1.165, 1.54) is 14.2 Å². The fourth-order valence-corrected chi connectivity index (χ4v) is 3.44. The number of esters is 1. The van der Waals surface area contributed by atoms with Crippen molar-refractivity contribution in [3.05, 3.63) is 88.6 Å². The minimum atomic E-state index is -0.533. The summed E-state index contributed by atoms with van der Waals surface area (Å²) >= 11 is 6.10. The summed E-state index contributed by atoms with van der Waals surface area (Å²) in [5.41, 5.74) is 1.53. The van der Waals surface area contributed by atoms with Crippen molar-refractivity contribution < 1.29 is 28.5 Å². The van der Waals surface area contributed by atoms with Crippen molar-refractivity contribution in [2.75, 3.05) is 27.4 Å². The van der Waals surface area contributed by atoms with E-state index in [2.05, 4.69) is 4.99 Å². The summed E-state index contributed by atoms with van der Waals surface area (Å²) in [6.07, 6.45) is 1.60. The molecule has 8 heteroatoms.